The van der Waals surface area contributed by atoms with Gasteiger partial charge in [-0.05, 0) is 44.2 Å². The topological polar surface area (TPSA) is 47.6 Å². The largest absolute Gasteiger partial charge is 0.497 e. The fourth-order valence-corrected chi connectivity index (χ4v) is 2.55. The summed E-state index contributed by atoms with van der Waals surface area (Å²) in [5.74, 6) is 1.10. The van der Waals surface area contributed by atoms with Crippen molar-refractivity contribution >= 4 is 5.91 Å². The van der Waals surface area contributed by atoms with E-state index in [-0.39, 0.29) is 5.91 Å². The van der Waals surface area contributed by atoms with Crippen molar-refractivity contribution in [1.82, 2.24) is 5.32 Å². The van der Waals surface area contributed by atoms with E-state index in [1.54, 1.807) is 32.4 Å². The highest BCUT2D eigenvalue weighted by atomic mass is 16.5. The van der Waals surface area contributed by atoms with Crippen LogP contribution in [0.25, 0.3) is 0 Å². The van der Waals surface area contributed by atoms with Crippen LogP contribution >= 0.6 is 0 Å². The molecule has 1 N–H and O–H groups in total. The lowest BCUT2D eigenvalue weighted by Crippen LogP contribution is -2.25. The van der Waals surface area contributed by atoms with Crippen molar-refractivity contribution in [1.29, 1.82) is 0 Å². The first-order chi connectivity index (χ1) is 10.2. The number of benzene rings is 1. The molecule has 21 heavy (non-hydrogen) atoms. The Kier molecular flexibility index (Phi) is 5.67. The third kappa shape index (κ3) is 4.25. The van der Waals surface area contributed by atoms with Crippen LogP contribution in [0.1, 0.15) is 42.5 Å². The first kappa shape index (κ1) is 15.4. The molecule has 0 unspecified atom stereocenters. The summed E-state index contributed by atoms with van der Waals surface area (Å²) < 4.78 is 10.4. The van der Waals surface area contributed by atoms with Crippen LogP contribution in [0.4, 0.5) is 0 Å². The molecule has 1 aliphatic carbocycles. The van der Waals surface area contributed by atoms with Crippen LogP contribution in [0.3, 0.4) is 0 Å². The van der Waals surface area contributed by atoms with E-state index in [4.69, 9.17) is 9.47 Å². The maximum absolute atomic E-state index is 12.2. The van der Waals surface area contributed by atoms with Crippen molar-refractivity contribution < 1.29 is 14.3 Å². The third-order valence-corrected chi connectivity index (χ3v) is 3.77. The molecule has 0 bridgehead atoms. The molecule has 4 heteroatoms. The van der Waals surface area contributed by atoms with E-state index in [2.05, 4.69) is 11.4 Å². The highest BCUT2D eigenvalue weighted by Gasteiger charge is 2.13. The van der Waals surface area contributed by atoms with Crippen LogP contribution in [-0.2, 0) is 0 Å². The SMILES string of the molecule is COc1ccc(C(=O)NCCC2=CCCCC2)c(OC)c1. The summed E-state index contributed by atoms with van der Waals surface area (Å²) in [7, 11) is 3.14. The van der Waals surface area contributed by atoms with Gasteiger partial charge in [0.2, 0.25) is 0 Å². The van der Waals surface area contributed by atoms with Crippen LogP contribution in [0.15, 0.2) is 29.8 Å². The quantitative estimate of drug-likeness (QED) is 0.817. The summed E-state index contributed by atoms with van der Waals surface area (Å²) in [6.07, 6.45) is 8.15. The molecule has 0 saturated carbocycles. The van der Waals surface area contributed by atoms with E-state index >= 15 is 0 Å². The zero-order valence-electron chi connectivity index (χ0n) is 12.8. The molecule has 0 saturated heterocycles. The van der Waals surface area contributed by atoms with Gasteiger partial charge < -0.3 is 14.8 Å². The predicted octanol–water partition coefficient (Wildman–Crippen LogP) is 3.32. The van der Waals surface area contributed by atoms with Gasteiger partial charge in [0.05, 0.1) is 19.8 Å². The number of hydrogen-bond donors (Lipinski definition) is 1. The molecule has 1 aromatic rings. The highest BCUT2D eigenvalue weighted by Crippen LogP contribution is 2.24. The molecule has 1 aliphatic rings. The summed E-state index contributed by atoms with van der Waals surface area (Å²) in [5.41, 5.74) is 2.00. The molecule has 2 rings (SSSR count). The number of carbonyl (C=O) groups is 1. The number of amides is 1. The van der Waals surface area contributed by atoms with Crippen LogP contribution < -0.4 is 14.8 Å². The van der Waals surface area contributed by atoms with Crippen molar-refractivity contribution in [3.05, 3.63) is 35.4 Å². The van der Waals surface area contributed by atoms with Crippen LogP contribution in [0, 0.1) is 0 Å². The smallest absolute Gasteiger partial charge is 0.255 e. The summed E-state index contributed by atoms with van der Waals surface area (Å²) in [5, 5.41) is 2.96. The minimum Gasteiger partial charge on any atom is -0.497 e. The monoisotopic (exact) mass is 289 g/mol. The Morgan fingerprint density at radius 3 is 2.76 bits per heavy atom. The minimum absolute atomic E-state index is 0.106. The molecular weight excluding hydrogens is 266 g/mol. The zero-order valence-corrected chi connectivity index (χ0v) is 12.8. The van der Waals surface area contributed by atoms with E-state index in [9.17, 15) is 4.79 Å². The molecule has 0 heterocycles. The predicted molar refractivity (Wildman–Crippen MR) is 83.0 cm³/mol. The van der Waals surface area contributed by atoms with Crippen molar-refractivity contribution in [3.8, 4) is 11.5 Å². The Morgan fingerprint density at radius 1 is 1.24 bits per heavy atom. The molecular formula is C17H23NO3. The van der Waals surface area contributed by atoms with Crippen LogP contribution in [0.5, 0.6) is 11.5 Å². The fourth-order valence-electron chi connectivity index (χ4n) is 2.55. The van der Waals surface area contributed by atoms with Crippen LogP contribution in [-0.4, -0.2) is 26.7 Å². The summed E-state index contributed by atoms with van der Waals surface area (Å²) in [6, 6.07) is 5.21. The van der Waals surface area contributed by atoms with Crippen molar-refractivity contribution in [2.45, 2.75) is 32.1 Å². The molecule has 0 spiro atoms. The van der Waals surface area contributed by atoms with Crippen LogP contribution in [0.2, 0.25) is 0 Å². The third-order valence-electron chi connectivity index (χ3n) is 3.77. The van der Waals surface area contributed by atoms with E-state index < -0.39 is 0 Å². The van der Waals surface area contributed by atoms with E-state index in [1.165, 1.54) is 31.3 Å². The van der Waals surface area contributed by atoms with E-state index in [0.717, 1.165) is 6.42 Å². The first-order valence-corrected chi connectivity index (χ1v) is 7.42. The second kappa shape index (κ2) is 7.72. The second-order valence-electron chi connectivity index (χ2n) is 5.18. The Balaban J connectivity index is 1.92. The number of rotatable bonds is 6. The number of allylic oxidation sites excluding steroid dienone is 1. The molecule has 1 amide bonds. The number of carbonyl (C=O) groups excluding carboxylic acids is 1. The molecule has 0 radical (unpaired) electrons. The molecule has 0 fully saturated rings. The Hall–Kier alpha value is -1.97. The van der Waals surface area contributed by atoms with Gasteiger partial charge in [0.15, 0.2) is 0 Å². The number of ether oxygens (including phenoxy) is 2. The Labute approximate surface area is 126 Å². The van der Waals surface area contributed by atoms with Gasteiger partial charge in [-0.1, -0.05) is 11.6 Å². The van der Waals surface area contributed by atoms with Crippen molar-refractivity contribution in [2.75, 3.05) is 20.8 Å². The molecule has 0 aromatic heterocycles. The van der Waals surface area contributed by atoms with Gasteiger partial charge in [0.25, 0.3) is 5.91 Å². The van der Waals surface area contributed by atoms with E-state index in [1.807, 2.05) is 0 Å². The maximum atomic E-state index is 12.2. The standard InChI is InChI=1S/C17H23NO3/c1-20-14-8-9-15(16(12-14)21-2)17(19)18-11-10-13-6-4-3-5-7-13/h6,8-9,12H,3-5,7,10-11H2,1-2H3,(H,18,19). The lowest BCUT2D eigenvalue weighted by molar-refractivity contribution is 0.0951. The Bertz CT molecular complexity index is 523. The second-order valence-corrected chi connectivity index (χ2v) is 5.18. The van der Waals surface area contributed by atoms with Gasteiger partial charge in [0, 0.05) is 12.6 Å². The average Bonchev–Trinajstić information content (AvgIpc) is 2.55. The summed E-state index contributed by atoms with van der Waals surface area (Å²) >= 11 is 0. The molecule has 0 aliphatic heterocycles. The molecule has 0 atom stereocenters. The highest BCUT2D eigenvalue weighted by molar-refractivity contribution is 5.97. The number of hydrogen-bond acceptors (Lipinski definition) is 3. The normalized spacial score (nSPS) is 14.3. The van der Waals surface area contributed by atoms with E-state index in [0.29, 0.717) is 23.6 Å². The molecule has 4 nitrogen and oxygen atoms in total. The number of methoxy groups -OCH3 is 2. The first-order valence-electron chi connectivity index (χ1n) is 7.42. The minimum atomic E-state index is -0.106. The molecule has 1 aromatic carbocycles. The summed E-state index contributed by atoms with van der Waals surface area (Å²) in [4.78, 5) is 12.2. The van der Waals surface area contributed by atoms with Crippen molar-refractivity contribution in [2.24, 2.45) is 0 Å². The lowest BCUT2D eigenvalue weighted by atomic mass is 9.97. The van der Waals surface area contributed by atoms with Gasteiger partial charge >= 0.3 is 0 Å². The summed E-state index contributed by atoms with van der Waals surface area (Å²) in [6.45, 7) is 0.667. The lowest BCUT2D eigenvalue weighted by Gasteiger charge is -2.14. The van der Waals surface area contributed by atoms with Gasteiger partial charge in [-0.15, -0.1) is 0 Å². The fraction of sp³-hybridized carbons (Fsp3) is 0.471. The molecule has 114 valence electrons. The average molecular weight is 289 g/mol. The zero-order chi connectivity index (χ0) is 15.1. The van der Waals surface area contributed by atoms with Gasteiger partial charge in [-0.25, -0.2) is 0 Å². The Morgan fingerprint density at radius 2 is 2.10 bits per heavy atom. The maximum Gasteiger partial charge on any atom is 0.255 e. The van der Waals surface area contributed by atoms with Crippen molar-refractivity contribution in [3.63, 3.8) is 0 Å². The number of nitrogens with one attached hydrogen (secondary N) is 1. The van der Waals surface area contributed by atoms with Gasteiger partial charge in [-0.2, -0.15) is 0 Å². The van der Waals surface area contributed by atoms with Gasteiger partial charge in [-0.3, -0.25) is 4.79 Å². The van der Waals surface area contributed by atoms with Gasteiger partial charge in [0.1, 0.15) is 11.5 Å².